The molecule has 1 heterocycles. The van der Waals surface area contributed by atoms with Crippen LogP contribution < -0.4 is 4.90 Å². The molecule has 0 spiro atoms. The van der Waals surface area contributed by atoms with Crippen molar-refractivity contribution in [2.45, 2.75) is 19.8 Å². The van der Waals surface area contributed by atoms with E-state index in [-0.39, 0.29) is 23.6 Å². The Kier molecular flexibility index (Phi) is 6.70. The number of pyridine rings is 1. The lowest BCUT2D eigenvalue weighted by Gasteiger charge is -2.24. The van der Waals surface area contributed by atoms with Gasteiger partial charge in [-0.3, -0.25) is 14.7 Å². The van der Waals surface area contributed by atoms with Crippen molar-refractivity contribution in [1.82, 2.24) is 4.98 Å². The Morgan fingerprint density at radius 2 is 1.96 bits per heavy atom. The summed E-state index contributed by atoms with van der Waals surface area (Å²) in [6, 6.07) is 7.74. The molecule has 0 fully saturated rings. The number of phenols is 1. The first-order valence-electron chi connectivity index (χ1n) is 8.35. The molecule has 0 aliphatic carbocycles. The van der Waals surface area contributed by atoms with Gasteiger partial charge in [-0.05, 0) is 31.0 Å². The summed E-state index contributed by atoms with van der Waals surface area (Å²) in [7, 11) is -4.01. The summed E-state index contributed by atoms with van der Waals surface area (Å²) in [5.41, 5.74) is 1.40. The molecular formula is C17H21N3O6S. The Labute approximate surface area is 157 Å². The largest absolute Gasteiger partial charge is 0.507 e. The number of phenolic OH excluding ortho intramolecular Hbond substituents is 1. The number of hydrogen-bond acceptors (Lipinski definition) is 7. The predicted octanol–water partition coefficient (Wildman–Crippen LogP) is 2.86. The number of rotatable bonds is 9. The number of hydrogen-bond donors (Lipinski definition) is 2. The standard InChI is InChI=1S/C17H21N3O6S/c1-2-8-19(9-3-10-27(24,25)26)13-4-6-15(17(21)11-13)16-7-5-14(12-18-16)20(22)23/h4-7,11-12,21H,2-3,8-10H2,1H3,(H,24,25,26). The van der Waals surface area contributed by atoms with E-state index in [0.29, 0.717) is 30.0 Å². The van der Waals surface area contributed by atoms with Crippen molar-refractivity contribution in [2.24, 2.45) is 0 Å². The quantitative estimate of drug-likeness (QED) is 0.376. The number of nitro groups is 1. The summed E-state index contributed by atoms with van der Waals surface area (Å²) in [4.78, 5) is 16.1. The Bertz CT molecular complexity index is 899. The van der Waals surface area contributed by atoms with E-state index in [0.717, 1.165) is 12.6 Å². The molecule has 146 valence electrons. The number of benzene rings is 1. The van der Waals surface area contributed by atoms with Crippen molar-refractivity contribution in [2.75, 3.05) is 23.7 Å². The van der Waals surface area contributed by atoms with Crippen LogP contribution in [0.5, 0.6) is 5.75 Å². The Morgan fingerprint density at radius 1 is 1.22 bits per heavy atom. The van der Waals surface area contributed by atoms with Gasteiger partial charge in [0.15, 0.2) is 0 Å². The molecule has 2 rings (SSSR count). The molecule has 1 aromatic heterocycles. The molecule has 2 N–H and O–H groups in total. The highest BCUT2D eigenvalue weighted by atomic mass is 32.2. The minimum absolute atomic E-state index is 0.0373. The maximum absolute atomic E-state index is 10.9. The van der Waals surface area contributed by atoms with Crippen LogP contribution in [0, 0.1) is 10.1 Å². The third-order valence-electron chi connectivity index (χ3n) is 3.90. The average molecular weight is 395 g/mol. The van der Waals surface area contributed by atoms with E-state index < -0.39 is 15.0 Å². The van der Waals surface area contributed by atoms with Gasteiger partial charge in [0, 0.05) is 36.5 Å². The number of anilines is 1. The monoisotopic (exact) mass is 395 g/mol. The molecule has 0 aliphatic rings. The number of aromatic hydroxyl groups is 1. The van der Waals surface area contributed by atoms with Crippen molar-refractivity contribution >= 4 is 21.5 Å². The fourth-order valence-electron chi connectivity index (χ4n) is 2.66. The van der Waals surface area contributed by atoms with Crippen LogP contribution in [-0.2, 0) is 10.1 Å². The molecule has 9 nitrogen and oxygen atoms in total. The van der Waals surface area contributed by atoms with E-state index in [9.17, 15) is 23.6 Å². The van der Waals surface area contributed by atoms with Crippen LogP contribution in [0.2, 0.25) is 0 Å². The van der Waals surface area contributed by atoms with Crippen molar-refractivity contribution in [3.63, 3.8) is 0 Å². The van der Waals surface area contributed by atoms with Crippen molar-refractivity contribution in [1.29, 1.82) is 0 Å². The second kappa shape index (κ2) is 8.78. The van der Waals surface area contributed by atoms with Crippen LogP contribution in [-0.4, -0.2) is 46.8 Å². The normalized spacial score (nSPS) is 11.3. The molecule has 0 atom stereocenters. The van der Waals surface area contributed by atoms with Gasteiger partial charge in [-0.1, -0.05) is 6.92 Å². The summed E-state index contributed by atoms with van der Waals surface area (Å²) < 4.78 is 30.6. The maximum Gasteiger partial charge on any atom is 0.287 e. The smallest absolute Gasteiger partial charge is 0.287 e. The lowest BCUT2D eigenvalue weighted by atomic mass is 10.1. The van der Waals surface area contributed by atoms with Crippen LogP contribution in [0.3, 0.4) is 0 Å². The van der Waals surface area contributed by atoms with Crippen LogP contribution >= 0.6 is 0 Å². The molecule has 0 unspecified atom stereocenters. The van der Waals surface area contributed by atoms with E-state index in [2.05, 4.69) is 4.98 Å². The fraction of sp³-hybridized carbons (Fsp3) is 0.353. The van der Waals surface area contributed by atoms with Crippen molar-refractivity contribution in [3.8, 4) is 17.0 Å². The summed E-state index contributed by atoms with van der Waals surface area (Å²) in [6.07, 6.45) is 2.20. The lowest BCUT2D eigenvalue weighted by Crippen LogP contribution is -2.26. The second-order valence-corrected chi connectivity index (χ2v) is 7.56. The molecule has 0 amide bonds. The first kappa shape index (κ1) is 20.6. The van der Waals surface area contributed by atoms with E-state index >= 15 is 0 Å². The van der Waals surface area contributed by atoms with Crippen molar-refractivity contribution in [3.05, 3.63) is 46.6 Å². The second-order valence-electron chi connectivity index (χ2n) is 5.99. The van der Waals surface area contributed by atoms with Crippen LogP contribution in [0.4, 0.5) is 11.4 Å². The SMILES string of the molecule is CCCN(CCCS(=O)(=O)O)c1ccc(-c2ccc([N+](=O)[O-])cn2)c(O)c1. The van der Waals surface area contributed by atoms with E-state index in [1.165, 1.54) is 12.1 Å². The minimum Gasteiger partial charge on any atom is -0.507 e. The highest BCUT2D eigenvalue weighted by molar-refractivity contribution is 7.85. The average Bonchev–Trinajstić information content (AvgIpc) is 2.60. The highest BCUT2D eigenvalue weighted by Gasteiger charge is 2.14. The summed E-state index contributed by atoms with van der Waals surface area (Å²) >= 11 is 0. The molecule has 10 heteroatoms. The number of nitrogens with zero attached hydrogens (tertiary/aromatic N) is 3. The molecule has 2 aromatic rings. The van der Waals surface area contributed by atoms with Gasteiger partial charge in [0.1, 0.15) is 11.9 Å². The Hall–Kier alpha value is -2.72. The molecule has 0 saturated heterocycles. The molecular weight excluding hydrogens is 374 g/mol. The predicted molar refractivity (Wildman–Crippen MR) is 102 cm³/mol. The third kappa shape index (κ3) is 5.90. The van der Waals surface area contributed by atoms with Crippen LogP contribution in [0.15, 0.2) is 36.5 Å². The maximum atomic E-state index is 10.9. The topological polar surface area (TPSA) is 134 Å². The summed E-state index contributed by atoms with van der Waals surface area (Å²) in [5, 5.41) is 21.1. The van der Waals surface area contributed by atoms with Gasteiger partial charge in [-0.2, -0.15) is 8.42 Å². The Balaban J connectivity index is 2.20. The summed E-state index contributed by atoms with van der Waals surface area (Å²) in [5.74, 6) is -0.367. The first-order chi connectivity index (χ1) is 12.7. The van der Waals surface area contributed by atoms with Crippen molar-refractivity contribution < 1.29 is 23.0 Å². The zero-order valence-corrected chi connectivity index (χ0v) is 15.6. The van der Waals surface area contributed by atoms with Crippen LogP contribution in [0.1, 0.15) is 19.8 Å². The van der Waals surface area contributed by atoms with Gasteiger partial charge >= 0.3 is 0 Å². The Morgan fingerprint density at radius 3 is 2.48 bits per heavy atom. The molecule has 1 aromatic carbocycles. The van der Waals surface area contributed by atoms with E-state index in [1.807, 2.05) is 11.8 Å². The fourth-order valence-corrected chi connectivity index (χ4v) is 3.16. The summed E-state index contributed by atoms with van der Waals surface area (Å²) in [6.45, 7) is 3.03. The van der Waals surface area contributed by atoms with Crippen LogP contribution in [0.25, 0.3) is 11.3 Å². The minimum atomic E-state index is -4.01. The zero-order chi connectivity index (χ0) is 20.0. The first-order valence-corrected chi connectivity index (χ1v) is 9.96. The van der Waals surface area contributed by atoms with E-state index in [1.54, 1.807) is 18.2 Å². The van der Waals surface area contributed by atoms with Gasteiger partial charge in [-0.25, -0.2) is 4.98 Å². The van der Waals surface area contributed by atoms with Gasteiger partial charge in [0.25, 0.3) is 15.8 Å². The third-order valence-corrected chi connectivity index (χ3v) is 4.71. The zero-order valence-electron chi connectivity index (χ0n) is 14.8. The molecule has 0 saturated carbocycles. The highest BCUT2D eigenvalue weighted by Crippen LogP contribution is 2.32. The molecule has 27 heavy (non-hydrogen) atoms. The molecule has 0 bridgehead atoms. The van der Waals surface area contributed by atoms with E-state index in [4.69, 9.17) is 4.55 Å². The van der Waals surface area contributed by atoms with Gasteiger partial charge in [0.05, 0.1) is 16.4 Å². The molecule has 0 aliphatic heterocycles. The van der Waals surface area contributed by atoms with Gasteiger partial charge in [-0.15, -0.1) is 0 Å². The van der Waals surface area contributed by atoms with Gasteiger partial charge in [0.2, 0.25) is 0 Å². The molecule has 0 radical (unpaired) electrons. The number of aromatic nitrogens is 1. The van der Waals surface area contributed by atoms with Gasteiger partial charge < -0.3 is 10.0 Å². The lowest BCUT2D eigenvalue weighted by molar-refractivity contribution is -0.385.